The standard InChI is InChI=1S/C25H21N3O3S/c1-2-28(24(30)26-20-8-4-3-5-9-20)21-10-6-7-19(16-21)18-13-11-17(12-14-18)15-22-23(29)27-25(31)32-22/h3-16H,2H2,1H3,(H,26,30)(H,27,29,31). The number of rotatable bonds is 5. The summed E-state index contributed by atoms with van der Waals surface area (Å²) in [7, 11) is 0. The van der Waals surface area contributed by atoms with Crippen LogP contribution in [0, 0.1) is 0 Å². The number of benzene rings is 3. The molecule has 0 aromatic heterocycles. The van der Waals surface area contributed by atoms with Crippen LogP contribution >= 0.6 is 11.8 Å². The molecule has 0 unspecified atom stereocenters. The number of para-hydroxylation sites is 1. The Bertz CT molecular complexity index is 1190. The van der Waals surface area contributed by atoms with Gasteiger partial charge in [-0.25, -0.2) is 4.79 Å². The van der Waals surface area contributed by atoms with Crippen LogP contribution in [-0.2, 0) is 4.79 Å². The van der Waals surface area contributed by atoms with Gasteiger partial charge in [0.15, 0.2) is 0 Å². The molecule has 0 aliphatic carbocycles. The average molecular weight is 444 g/mol. The van der Waals surface area contributed by atoms with E-state index in [2.05, 4.69) is 10.6 Å². The Morgan fingerprint density at radius 3 is 2.38 bits per heavy atom. The second-order valence-corrected chi connectivity index (χ2v) is 8.08. The van der Waals surface area contributed by atoms with Gasteiger partial charge in [-0.15, -0.1) is 0 Å². The summed E-state index contributed by atoms with van der Waals surface area (Å²) in [6.07, 6.45) is 1.69. The molecule has 3 aromatic rings. The molecule has 3 aromatic carbocycles. The Kier molecular flexibility index (Phi) is 6.37. The Labute approximate surface area is 190 Å². The molecule has 1 aliphatic heterocycles. The highest BCUT2D eigenvalue weighted by Gasteiger charge is 2.24. The van der Waals surface area contributed by atoms with Crippen molar-refractivity contribution in [3.8, 4) is 11.1 Å². The van der Waals surface area contributed by atoms with E-state index in [1.807, 2.05) is 85.8 Å². The molecule has 32 heavy (non-hydrogen) atoms. The first kappa shape index (κ1) is 21.4. The van der Waals surface area contributed by atoms with E-state index in [0.717, 1.165) is 39.8 Å². The van der Waals surface area contributed by atoms with Crippen molar-refractivity contribution >= 4 is 46.4 Å². The molecule has 160 valence electrons. The van der Waals surface area contributed by atoms with Crippen molar-refractivity contribution in [3.63, 3.8) is 0 Å². The van der Waals surface area contributed by atoms with Crippen molar-refractivity contribution in [2.45, 2.75) is 6.92 Å². The number of urea groups is 1. The summed E-state index contributed by atoms with van der Waals surface area (Å²) in [6.45, 7) is 2.45. The quantitative estimate of drug-likeness (QED) is 0.493. The van der Waals surface area contributed by atoms with Gasteiger partial charge in [0, 0.05) is 17.9 Å². The largest absolute Gasteiger partial charge is 0.326 e. The zero-order valence-electron chi connectivity index (χ0n) is 17.4. The summed E-state index contributed by atoms with van der Waals surface area (Å²) >= 11 is 0.898. The van der Waals surface area contributed by atoms with E-state index in [-0.39, 0.29) is 17.2 Å². The van der Waals surface area contributed by atoms with Gasteiger partial charge in [0.1, 0.15) is 0 Å². The van der Waals surface area contributed by atoms with Crippen LogP contribution in [0.1, 0.15) is 12.5 Å². The van der Waals surface area contributed by atoms with Crippen LogP contribution in [0.3, 0.4) is 0 Å². The number of nitrogens with zero attached hydrogens (tertiary/aromatic N) is 1. The maximum atomic E-state index is 12.8. The number of thioether (sulfide) groups is 1. The number of imide groups is 1. The van der Waals surface area contributed by atoms with Gasteiger partial charge >= 0.3 is 6.03 Å². The fourth-order valence-electron chi connectivity index (χ4n) is 3.35. The third-order valence-corrected chi connectivity index (χ3v) is 5.74. The van der Waals surface area contributed by atoms with Crippen LogP contribution in [0.2, 0.25) is 0 Å². The molecule has 7 heteroatoms. The maximum absolute atomic E-state index is 12.8. The van der Waals surface area contributed by atoms with Gasteiger partial charge in [0.05, 0.1) is 4.91 Å². The van der Waals surface area contributed by atoms with Crippen molar-refractivity contribution in [3.05, 3.63) is 89.3 Å². The molecule has 0 atom stereocenters. The van der Waals surface area contributed by atoms with E-state index >= 15 is 0 Å². The normalized spacial score (nSPS) is 14.3. The van der Waals surface area contributed by atoms with E-state index in [1.54, 1.807) is 11.0 Å². The fourth-order valence-corrected chi connectivity index (χ4v) is 4.04. The lowest BCUT2D eigenvalue weighted by Crippen LogP contribution is -2.34. The molecule has 1 aliphatic rings. The van der Waals surface area contributed by atoms with E-state index < -0.39 is 0 Å². The second kappa shape index (κ2) is 9.53. The fraction of sp³-hybridized carbons (Fsp3) is 0.0800. The van der Waals surface area contributed by atoms with Crippen LogP contribution in [0.25, 0.3) is 17.2 Å². The first-order valence-corrected chi connectivity index (χ1v) is 10.9. The molecular weight excluding hydrogens is 422 g/mol. The molecule has 4 amide bonds. The van der Waals surface area contributed by atoms with Gasteiger partial charge in [-0.1, -0.05) is 54.6 Å². The number of carbonyl (C=O) groups is 3. The molecular formula is C25H21N3O3S. The molecule has 0 radical (unpaired) electrons. The predicted octanol–water partition coefficient (Wildman–Crippen LogP) is 5.74. The number of nitrogens with one attached hydrogen (secondary N) is 2. The van der Waals surface area contributed by atoms with Crippen molar-refractivity contribution in [2.24, 2.45) is 0 Å². The summed E-state index contributed by atoms with van der Waals surface area (Å²) in [5.41, 5.74) is 4.31. The van der Waals surface area contributed by atoms with Gasteiger partial charge in [0.25, 0.3) is 11.1 Å². The zero-order valence-corrected chi connectivity index (χ0v) is 18.2. The topological polar surface area (TPSA) is 78.5 Å². The lowest BCUT2D eigenvalue weighted by Gasteiger charge is -2.22. The van der Waals surface area contributed by atoms with E-state index in [4.69, 9.17) is 0 Å². The Hall–Kier alpha value is -3.84. The first-order chi connectivity index (χ1) is 15.5. The molecule has 0 bridgehead atoms. The average Bonchev–Trinajstić information content (AvgIpc) is 3.12. The third-order valence-electron chi connectivity index (χ3n) is 4.93. The van der Waals surface area contributed by atoms with E-state index in [9.17, 15) is 14.4 Å². The Balaban J connectivity index is 1.53. The van der Waals surface area contributed by atoms with Gasteiger partial charge < -0.3 is 5.32 Å². The summed E-state index contributed by atoms with van der Waals surface area (Å²) in [5.74, 6) is -0.370. The molecule has 2 N–H and O–H groups in total. The number of hydrogen-bond acceptors (Lipinski definition) is 4. The summed E-state index contributed by atoms with van der Waals surface area (Å²) in [4.78, 5) is 37.9. The minimum atomic E-state index is -0.370. The van der Waals surface area contributed by atoms with Gasteiger partial charge in [-0.2, -0.15) is 0 Å². The molecule has 4 rings (SSSR count). The van der Waals surface area contributed by atoms with E-state index in [0.29, 0.717) is 11.4 Å². The molecule has 1 saturated heterocycles. The van der Waals surface area contributed by atoms with Crippen molar-refractivity contribution < 1.29 is 14.4 Å². The van der Waals surface area contributed by atoms with Gasteiger partial charge in [-0.05, 0) is 65.7 Å². The monoisotopic (exact) mass is 443 g/mol. The van der Waals surface area contributed by atoms with Crippen LogP contribution in [-0.4, -0.2) is 23.7 Å². The number of hydrogen-bond donors (Lipinski definition) is 2. The number of amides is 4. The highest BCUT2D eigenvalue weighted by atomic mass is 32.2. The maximum Gasteiger partial charge on any atom is 0.326 e. The molecule has 0 saturated carbocycles. The van der Waals surface area contributed by atoms with Gasteiger partial charge in [0.2, 0.25) is 0 Å². The van der Waals surface area contributed by atoms with Crippen molar-refractivity contribution in [1.29, 1.82) is 0 Å². The second-order valence-electron chi connectivity index (χ2n) is 7.07. The smallest absolute Gasteiger partial charge is 0.308 e. The molecule has 1 heterocycles. The lowest BCUT2D eigenvalue weighted by atomic mass is 10.0. The Morgan fingerprint density at radius 1 is 0.969 bits per heavy atom. The Morgan fingerprint density at radius 2 is 1.72 bits per heavy atom. The van der Waals surface area contributed by atoms with Gasteiger partial charge in [-0.3, -0.25) is 19.8 Å². The highest BCUT2D eigenvalue weighted by Crippen LogP contribution is 2.28. The zero-order chi connectivity index (χ0) is 22.5. The SMILES string of the molecule is CCN(C(=O)Nc1ccccc1)c1cccc(-c2ccc(C=C3SC(=O)NC3=O)cc2)c1. The minimum absolute atomic E-state index is 0.195. The van der Waals surface area contributed by atoms with E-state index in [1.165, 1.54) is 0 Å². The summed E-state index contributed by atoms with van der Waals surface area (Å²) < 4.78 is 0. The summed E-state index contributed by atoms with van der Waals surface area (Å²) in [5, 5.41) is 4.82. The third kappa shape index (κ3) is 4.90. The lowest BCUT2D eigenvalue weighted by molar-refractivity contribution is -0.115. The minimum Gasteiger partial charge on any atom is -0.308 e. The molecule has 6 nitrogen and oxygen atoms in total. The first-order valence-electron chi connectivity index (χ1n) is 10.1. The van der Waals surface area contributed by atoms with Crippen LogP contribution in [0.15, 0.2) is 83.8 Å². The molecule has 0 spiro atoms. The number of carbonyl (C=O) groups excluding carboxylic acids is 3. The summed E-state index contributed by atoms with van der Waals surface area (Å²) in [6, 6.07) is 24.6. The van der Waals surface area contributed by atoms with Crippen LogP contribution in [0.4, 0.5) is 21.0 Å². The predicted molar refractivity (Wildman–Crippen MR) is 129 cm³/mol. The van der Waals surface area contributed by atoms with Crippen molar-refractivity contribution in [1.82, 2.24) is 5.32 Å². The highest BCUT2D eigenvalue weighted by molar-refractivity contribution is 8.18. The number of anilines is 2. The molecule has 1 fully saturated rings. The van der Waals surface area contributed by atoms with Crippen LogP contribution < -0.4 is 15.5 Å². The van der Waals surface area contributed by atoms with Crippen LogP contribution in [0.5, 0.6) is 0 Å². The van der Waals surface area contributed by atoms with Crippen molar-refractivity contribution in [2.75, 3.05) is 16.8 Å².